The van der Waals surface area contributed by atoms with Crippen LogP contribution in [-0.4, -0.2) is 17.5 Å². The van der Waals surface area contributed by atoms with Crippen LogP contribution < -0.4 is 16.0 Å². The minimum Gasteiger partial charge on any atom is -0.367 e. The van der Waals surface area contributed by atoms with Crippen LogP contribution in [-0.2, 0) is 9.59 Å². The molecule has 0 aromatic rings. The first kappa shape index (κ1) is 15.9. The minimum absolute atomic E-state index is 0.0912. The predicted molar refractivity (Wildman–Crippen MR) is 81.9 cm³/mol. The summed E-state index contributed by atoms with van der Waals surface area (Å²) in [6, 6.07) is 0. The quantitative estimate of drug-likeness (QED) is 0.742. The van der Waals surface area contributed by atoms with Gasteiger partial charge in [-0.25, -0.2) is 0 Å². The van der Waals surface area contributed by atoms with Gasteiger partial charge in [0.2, 0.25) is 5.91 Å². The third kappa shape index (κ3) is 3.99. The Balaban J connectivity index is 1.95. The van der Waals surface area contributed by atoms with Crippen molar-refractivity contribution in [3.05, 3.63) is 11.9 Å². The van der Waals surface area contributed by atoms with Gasteiger partial charge in [0.1, 0.15) is 11.4 Å². The van der Waals surface area contributed by atoms with Gasteiger partial charge in [0.05, 0.1) is 0 Å². The normalized spacial score (nSPS) is 22.3. The molecule has 5 nitrogen and oxygen atoms in total. The number of rotatable bonds is 4. The fourth-order valence-corrected chi connectivity index (χ4v) is 3.18. The van der Waals surface area contributed by atoms with Crippen LogP contribution in [0.25, 0.3) is 0 Å². The van der Waals surface area contributed by atoms with Gasteiger partial charge >= 0.3 is 0 Å². The van der Waals surface area contributed by atoms with Crippen molar-refractivity contribution in [2.24, 2.45) is 11.8 Å². The second kappa shape index (κ2) is 6.50. The van der Waals surface area contributed by atoms with E-state index in [2.05, 4.69) is 29.8 Å². The van der Waals surface area contributed by atoms with Crippen LogP contribution in [0.15, 0.2) is 11.9 Å². The summed E-state index contributed by atoms with van der Waals surface area (Å²) in [5, 5.41) is 9.07. The van der Waals surface area contributed by atoms with Crippen LogP contribution in [0.4, 0.5) is 0 Å². The Morgan fingerprint density at radius 1 is 1.29 bits per heavy atom. The molecular formula is C16H27N3O2. The van der Waals surface area contributed by atoms with Crippen LogP contribution in [0, 0.1) is 11.8 Å². The van der Waals surface area contributed by atoms with E-state index in [-0.39, 0.29) is 23.4 Å². The number of hydrogen-bond donors (Lipinski definition) is 3. The third-order valence-electron chi connectivity index (χ3n) is 4.33. The molecule has 0 bridgehead atoms. The highest BCUT2D eigenvalue weighted by Gasteiger charge is 2.36. The van der Waals surface area contributed by atoms with Crippen LogP contribution in [0.5, 0.6) is 0 Å². The molecular weight excluding hydrogens is 266 g/mol. The van der Waals surface area contributed by atoms with Gasteiger partial charge in [-0.3, -0.25) is 9.59 Å². The molecule has 0 unspecified atom stereocenters. The van der Waals surface area contributed by atoms with Crippen LogP contribution in [0.2, 0.25) is 0 Å². The Hall–Kier alpha value is -1.52. The molecule has 0 aromatic carbocycles. The van der Waals surface area contributed by atoms with Crippen molar-refractivity contribution >= 4 is 11.8 Å². The Labute approximate surface area is 126 Å². The molecule has 3 N–H and O–H groups in total. The average Bonchev–Trinajstić information content (AvgIpc) is 2.42. The van der Waals surface area contributed by atoms with Gasteiger partial charge in [-0.2, -0.15) is 0 Å². The second-order valence-electron chi connectivity index (χ2n) is 6.82. The topological polar surface area (TPSA) is 70.2 Å². The maximum Gasteiger partial charge on any atom is 0.271 e. The summed E-state index contributed by atoms with van der Waals surface area (Å²) in [6.45, 7) is 6.07. The first-order valence-corrected chi connectivity index (χ1v) is 8.03. The number of carbonyl (C=O) groups excluding carboxylic acids is 2. The van der Waals surface area contributed by atoms with Crippen molar-refractivity contribution in [1.29, 1.82) is 0 Å². The SMILES string of the molecule is CC(C)C[C@H](C)C(=O)NC1=CNC2(CCCCC2)NC1=O. The summed E-state index contributed by atoms with van der Waals surface area (Å²) in [6.07, 6.45) is 7.84. The molecule has 2 amide bonds. The lowest BCUT2D eigenvalue weighted by Gasteiger charge is -2.41. The second-order valence-corrected chi connectivity index (χ2v) is 6.82. The van der Waals surface area contributed by atoms with Crippen molar-refractivity contribution in [3.63, 3.8) is 0 Å². The highest BCUT2D eigenvalue weighted by atomic mass is 16.2. The van der Waals surface area contributed by atoms with Gasteiger partial charge in [-0.05, 0) is 38.0 Å². The standard InChI is InChI=1S/C16H27N3O2/c1-11(2)9-12(3)14(20)18-13-10-17-16(19-15(13)21)7-5-4-6-8-16/h10-12,17H,4-9H2,1-3H3,(H,18,20)(H,19,21)/t12-/m0/s1. The Morgan fingerprint density at radius 3 is 2.52 bits per heavy atom. The molecule has 2 aliphatic rings. The molecule has 0 radical (unpaired) electrons. The van der Waals surface area contributed by atoms with E-state index in [9.17, 15) is 9.59 Å². The first-order chi connectivity index (χ1) is 9.92. The van der Waals surface area contributed by atoms with E-state index in [1.165, 1.54) is 6.42 Å². The lowest BCUT2D eigenvalue weighted by molar-refractivity contribution is -0.127. The summed E-state index contributed by atoms with van der Waals surface area (Å²) < 4.78 is 0. The summed E-state index contributed by atoms with van der Waals surface area (Å²) >= 11 is 0. The third-order valence-corrected chi connectivity index (χ3v) is 4.33. The van der Waals surface area contributed by atoms with Crippen molar-refractivity contribution < 1.29 is 9.59 Å². The largest absolute Gasteiger partial charge is 0.367 e. The van der Waals surface area contributed by atoms with Gasteiger partial charge in [-0.15, -0.1) is 0 Å². The van der Waals surface area contributed by atoms with Crippen molar-refractivity contribution in [2.75, 3.05) is 0 Å². The molecule has 1 heterocycles. The van der Waals surface area contributed by atoms with E-state index in [0.717, 1.165) is 32.1 Å². The number of nitrogens with one attached hydrogen (secondary N) is 3. The van der Waals surface area contributed by atoms with E-state index in [0.29, 0.717) is 11.6 Å². The van der Waals surface area contributed by atoms with Crippen molar-refractivity contribution in [2.45, 2.75) is 65.0 Å². The molecule has 5 heteroatoms. The predicted octanol–water partition coefficient (Wildman–Crippen LogP) is 2.01. The van der Waals surface area contributed by atoms with Crippen LogP contribution >= 0.6 is 0 Å². The fraction of sp³-hybridized carbons (Fsp3) is 0.750. The summed E-state index contributed by atoms with van der Waals surface area (Å²) in [5.74, 6) is 0.0973. The molecule has 1 saturated carbocycles. The summed E-state index contributed by atoms with van der Waals surface area (Å²) in [7, 11) is 0. The van der Waals surface area contributed by atoms with Gasteiger partial charge in [0.25, 0.3) is 5.91 Å². The minimum atomic E-state index is -0.299. The number of carbonyl (C=O) groups is 2. The van der Waals surface area contributed by atoms with Crippen LogP contribution in [0.3, 0.4) is 0 Å². The monoisotopic (exact) mass is 293 g/mol. The van der Waals surface area contributed by atoms with E-state index < -0.39 is 0 Å². The molecule has 0 saturated heterocycles. The van der Waals surface area contributed by atoms with E-state index in [4.69, 9.17) is 0 Å². The van der Waals surface area contributed by atoms with Crippen LogP contribution in [0.1, 0.15) is 59.3 Å². The van der Waals surface area contributed by atoms with Gasteiger partial charge in [-0.1, -0.05) is 27.2 Å². The Bertz CT molecular complexity index is 437. The molecule has 1 aliphatic heterocycles. The fourth-order valence-electron chi connectivity index (χ4n) is 3.18. The zero-order chi connectivity index (χ0) is 15.5. The molecule has 2 rings (SSSR count). The highest BCUT2D eigenvalue weighted by Crippen LogP contribution is 2.27. The maximum absolute atomic E-state index is 12.2. The summed E-state index contributed by atoms with van der Waals surface area (Å²) in [5.41, 5.74) is 0.0272. The molecule has 118 valence electrons. The average molecular weight is 293 g/mol. The molecule has 21 heavy (non-hydrogen) atoms. The maximum atomic E-state index is 12.2. The lowest BCUT2D eigenvalue weighted by Crippen LogP contribution is -2.62. The van der Waals surface area contributed by atoms with E-state index in [1.54, 1.807) is 6.20 Å². The molecule has 1 spiro atoms. The number of amides is 2. The summed E-state index contributed by atoms with van der Waals surface area (Å²) in [4.78, 5) is 24.3. The Kier molecular flexibility index (Phi) is 4.91. The smallest absolute Gasteiger partial charge is 0.271 e. The van der Waals surface area contributed by atoms with Crippen molar-refractivity contribution in [3.8, 4) is 0 Å². The van der Waals surface area contributed by atoms with E-state index >= 15 is 0 Å². The Morgan fingerprint density at radius 2 is 1.95 bits per heavy atom. The van der Waals surface area contributed by atoms with Gasteiger partial charge < -0.3 is 16.0 Å². The zero-order valence-corrected chi connectivity index (χ0v) is 13.3. The van der Waals surface area contributed by atoms with E-state index in [1.807, 2.05) is 6.92 Å². The van der Waals surface area contributed by atoms with Gasteiger partial charge in [0, 0.05) is 12.1 Å². The molecule has 0 aromatic heterocycles. The van der Waals surface area contributed by atoms with Crippen molar-refractivity contribution in [1.82, 2.24) is 16.0 Å². The molecule has 1 atom stereocenters. The zero-order valence-electron chi connectivity index (χ0n) is 13.3. The molecule has 1 fully saturated rings. The highest BCUT2D eigenvalue weighted by molar-refractivity contribution is 5.98. The first-order valence-electron chi connectivity index (χ1n) is 8.03. The lowest BCUT2D eigenvalue weighted by atomic mass is 9.88. The number of hydrogen-bond acceptors (Lipinski definition) is 3. The molecule has 1 aliphatic carbocycles. The van der Waals surface area contributed by atoms with Gasteiger partial charge in [0.15, 0.2) is 0 Å².